The molecule has 0 aliphatic heterocycles. The van der Waals surface area contributed by atoms with Crippen LogP contribution in [0.25, 0.3) is 0 Å². The Bertz CT molecular complexity index is 425. The number of hydrogen-bond acceptors (Lipinski definition) is 3. The number of aryl methyl sites for hydroxylation is 1. The minimum Gasteiger partial charge on any atom is -0.469 e. The van der Waals surface area contributed by atoms with E-state index in [-0.39, 0.29) is 0 Å². The highest BCUT2D eigenvalue weighted by Gasteiger charge is 2.09. The molecule has 1 N–H and O–H groups in total. The van der Waals surface area contributed by atoms with Crippen molar-refractivity contribution in [1.82, 2.24) is 10.3 Å². The lowest BCUT2D eigenvalue weighted by molar-refractivity contribution is 0.447. The smallest absolute Gasteiger partial charge is 0.103 e. The predicted molar refractivity (Wildman–Crippen MR) is 72.4 cm³/mol. The Labute approximate surface area is 108 Å². The summed E-state index contributed by atoms with van der Waals surface area (Å²) in [7, 11) is 0. The molecule has 0 radical (unpaired) electrons. The van der Waals surface area contributed by atoms with Gasteiger partial charge in [0.15, 0.2) is 0 Å². The largest absolute Gasteiger partial charge is 0.469 e. The zero-order chi connectivity index (χ0) is 12.6. The first-order chi connectivity index (χ1) is 8.88. The predicted octanol–water partition coefficient (Wildman–Crippen LogP) is 2.83. The lowest BCUT2D eigenvalue weighted by Crippen LogP contribution is -2.31. The highest BCUT2D eigenvalue weighted by molar-refractivity contribution is 5.11. The molecule has 2 heterocycles. The molecule has 2 rings (SSSR count). The molecule has 3 heteroatoms. The van der Waals surface area contributed by atoms with E-state index in [4.69, 9.17) is 4.42 Å². The molecule has 0 aliphatic rings. The van der Waals surface area contributed by atoms with Gasteiger partial charge in [-0.3, -0.25) is 4.98 Å². The van der Waals surface area contributed by atoms with Crippen LogP contribution in [-0.2, 0) is 12.8 Å². The van der Waals surface area contributed by atoms with Gasteiger partial charge >= 0.3 is 0 Å². The number of nitrogens with zero attached hydrogens (tertiary/aromatic N) is 1. The molecule has 2 aromatic rings. The number of hydrogen-bond donors (Lipinski definition) is 1. The van der Waals surface area contributed by atoms with Crippen molar-refractivity contribution < 1.29 is 4.42 Å². The average Bonchev–Trinajstić information content (AvgIpc) is 2.91. The molecule has 96 valence electrons. The van der Waals surface area contributed by atoms with Crippen molar-refractivity contribution in [3.05, 3.63) is 54.2 Å². The maximum Gasteiger partial charge on any atom is 0.103 e. The highest BCUT2D eigenvalue weighted by Crippen LogP contribution is 2.10. The van der Waals surface area contributed by atoms with E-state index in [1.807, 2.05) is 24.5 Å². The van der Waals surface area contributed by atoms with Crippen LogP contribution < -0.4 is 5.32 Å². The third-order valence-electron chi connectivity index (χ3n) is 3.04. The van der Waals surface area contributed by atoms with E-state index < -0.39 is 0 Å². The van der Waals surface area contributed by atoms with Gasteiger partial charge < -0.3 is 9.73 Å². The summed E-state index contributed by atoms with van der Waals surface area (Å²) in [6, 6.07) is 8.63. The monoisotopic (exact) mass is 244 g/mol. The van der Waals surface area contributed by atoms with Gasteiger partial charge in [0.2, 0.25) is 0 Å². The van der Waals surface area contributed by atoms with Crippen LogP contribution in [0.2, 0.25) is 0 Å². The summed E-state index contributed by atoms with van der Waals surface area (Å²) in [4.78, 5) is 4.05. The molecule has 0 bridgehead atoms. The van der Waals surface area contributed by atoms with Crippen molar-refractivity contribution in [2.24, 2.45) is 0 Å². The van der Waals surface area contributed by atoms with Crippen LogP contribution in [0, 0.1) is 0 Å². The molecule has 0 saturated heterocycles. The molecule has 0 aromatic carbocycles. The molecule has 0 spiro atoms. The summed E-state index contributed by atoms with van der Waals surface area (Å²) < 4.78 is 5.37. The van der Waals surface area contributed by atoms with Crippen LogP contribution in [0.3, 0.4) is 0 Å². The molecule has 0 amide bonds. The van der Waals surface area contributed by atoms with E-state index in [1.165, 1.54) is 5.56 Å². The van der Waals surface area contributed by atoms with Crippen LogP contribution >= 0.6 is 0 Å². The maximum absolute atomic E-state index is 5.37. The fourth-order valence-electron chi connectivity index (χ4n) is 2.14. The molecule has 1 unspecified atom stereocenters. The molecule has 0 saturated carbocycles. The van der Waals surface area contributed by atoms with Gasteiger partial charge in [-0.15, -0.1) is 0 Å². The Morgan fingerprint density at radius 1 is 1.28 bits per heavy atom. The van der Waals surface area contributed by atoms with Crippen LogP contribution in [0.4, 0.5) is 0 Å². The van der Waals surface area contributed by atoms with E-state index in [9.17, 15) is 0 Å². The van der Waals surface area contributed by atoms with Gasteiger partial charge in [-0.05, 0) is 49.2 Å². The highest BCUT2D eigenvalue weighted by atomic mass is 16.3. The topological polar surface area (TPSA) is 38.1 Å². The number of pyridine rings is 1. The molecule has 0 fully saturated rings. The van der Waals surface area contributed by atoms with Crippen molar-refractivity contribution in [2.75, 3.05) is 6.54 Å². The first-order valence-electron chi connectivity index (χ1n) is 6.53. The maximum atomic E-state index is 5.37. The number of nitrogens with one attached hydrogen (secondary N) is 1. The van der Waals surface area contributed by atoms with Gasteiger partial charge in [-0.2, -0.15) is 0 Å². The lowest BCUT2D eigenvalue weighted by Gasteiger charge is -2.17. The third-order valence-corrected chi connectivity index (χ3v) is 3.04. The second-order valence-electron chi connectivity index (χ2n) is 4.43. The molecule has 3 nitrogen and oxygen atoms in total. The summed E-state index contributed by atoms with van der Waals surface area (Å²) in [6.07, 6.45) is 8.55. The van der Waals surface area contributed by atoms with Crippen molar-refractivity contribution >= 4 is 0 Å². The van der Waals surface area contributed by atoms with E-state index >= 15 is 0 Å². The van der Waals surface area contributed by atoms with Gasteiger partial charge in [-0.1, -0.05) is 6.92 Å². The van der Waals surface area contributed by atoms with Crippen LogP contribution in [0.5, 0.6) is 0 Å². The van der Waals surface area contributed by atoms with E-state index in [0.717, 1.165) is 31.6 Å². The first kappa shape index (κ1) is 12.8. The second kappa shape index (κ2) is 6.97. The van der Waals surface area contributed by atoms with E-state index in [2.05, 4.69) is 29.4 Å². The summed E-state index contributed by atoms with van der Waals surface area (Å²) >= 11 is 0. The van der Waals surface area contributed by atoms with Crippen molar-refractivity contribution in [3.63, 3.8) is 0 Å². The summed E-state index contributed by atoms with van der Waals surface area (Å²) in [5.74, 6) is 1.06. The SMILES string of the molecule is CCNC(CCc1ccco1)Cc1ccncc1. The molecule has 1 atom stereocenters. The Kier molecular flexibility index (Phi) is 4.97. The van der Waals surface area contributed by atoms with Crippen LogP contribution in [0.1, 0.15) is 24.7 Å². The van der Waals surface area contributed by atoms with Gasteiger partial charge in [0.05, 0.1) is 6.26 Å². The quantitative estimate of drug-likeness (QED) is 0.814. The standard InChI is InChI=1S/C15H20N2O/c1-2-17-14(5-6-15-4-3-11-18-15)12-13-7-9-16-10-8-13/h3-4,7-11,14,17H,2,5-6,12H2,1H3. The normalized spacial score (nSPS) is 12.5. The Morgan fingerprint density at radius 3 is 2.78 bits per heavy atom. The van der Waals surface area contributed by atoms with Crippen molar-refractivity contribution in [1.29, 1.82) is 0 Å². The van der Waals surface area contributed by atoms with Gasteiger partial charge in [0.25, 0.3) is 0 Å². The lowest BCUT2D eigenvalue weighted by atomic mass is 10.0. The number of rotatable bonds is 7. The second-order valence-corrected chi connectivity index (χ2v) is 4.43. The Balaban J connectivity index is 1.87. The zero-order valence-corrected chi connectivity index (χ0v) is 10.8. The van der Waals surface area contributed by atoms with Crippen LogP contribution in [0.15, 0.2) is 47.3 Å². The van der Waals surface area contributed by atoms with Crippen molar-refractivity contribution in [2.45, 2.75) is 32.2 Å². The van der Waals surface area contributed by atoms with Gasteiger partial charge in [0.1, 0.15) is 5.76 Å². The molecule has 2 aromatic heterocycles. The number of aromatic nitrogens is 1. The minimum atomic E-state index is 0.488. The zero-order valence-electron chi connectivity index (χ0n) is 10.8. The van der Waals surface area contributed by atoms with Gasteiger partial charge in [-0.25, -0.2) is 0 Å². The molecular formula is C15H20N2O. The van der Waals surface area contributed by atoms with E-state index in [0.29, 0.717) is 6.04 Å². The van der Waals surface area contributed by atoms with Gasteiger partial charge in [0, 0.05) is 24.9 Å². The third kappa shape index (κ3) is 4.00. The fraction of sp³-hybridized carbons (Fsp3) is 0.400. The van der Waals surface area contributed by atoms with Crippen molar-refractivity contribution in [3.8, 4) is 0 Å². The first-order valence-corrected chi connectivity index (χ1v) is 6.53. The summed E-state index contributed by atoms with van der Waals surface area (Å²) in [5.41, 5.74) is 1.33. The molecular weight excluding hydrogens is 224 g/mol. The van der Waals surface area contributed by atoms with Crippen LogP contribution in [-0.4, -0.2) is 17.6 Å². The fourth-order valence-corrected chi connectivity index (χ4v) is 2.14. The summed E-state index contributed by atoms with van der Waals surface area (Å²) in [6.45, 7) is 3.14. The average molecular weight is 244 g/mol. The number of likely N-dealkylation sites (N-methyl/N-ethyl adjacent to an activating group) is 1. The van der Waals surface area contributed by atoms with E-state index in [1.54, 1.807) is 6.26 Å². The molecule has 0 aliphatic carbocycles. The summed E-state index contributed by atoms with van der Waals surface area (Å²) in [5, 5.41) is 3.53. The number of furan rings is 1. The Hall–Kier alpha value is -1.61. The minimum absolute atomic E-state index is 0.488. The molecule has 18 heavy (non-hydrogen) atoms. The Morgan fingerprint density at radius 2 is 2.11 bits per heavy atom.